The molecule has 17 nitrogen and oxygen atoms in total. The molecule has 61 heavy (non-hydrogen) atoms. The molecule has 326 valence electrons. The molecule has 2 atom stereocenters. The molecule has 4 aromatic rings. The van der Waals surface area contributed by atoms with Crippen LogP contribution in [0.5, 0.6) is 0 Å². The second-order valence-electron chi connectivity index (χ2n) is 15.1. The number of piperidine rings is 2. The Morgan fingerprint density at radius 3 is 1.57 bits per heavy atom. The van der Waals surface area contributed by atoms with Gasteiger partial charge in [0, 0.05) is 69.6 Å². The molecule has 2 saturated heterocycles. The number of sulfonamides is 1. The molecule has 2 fully saturated rings. The van der Waals surface area contributed by atoms with Crippen molar-refractivity contribution in [2.24, 2.45) is 11.8 Å². The van der Waals surface area contributed by atoms with Gasteiger partial charge in [-0.25, -0.2) is 39.3 Å². The third-order valence-corrected chi connectivity index (χ3v) is 12.0. The molecule has 18 heteroatoms. The predicted octanol–water partition coefficient (Wildman–Crippen LogP) is 3.65. The summed E-state index contributed by atoms with van der Waals surface area (Å²) in [6, 6.07) is 19.5. The third-order valence-electron chi connectivity index (χ3n) is 10.7. The fourth-order valence-electron chi connectivity index (χ4n) is 7.06. The Morgan fingerprint density at radius 2 is 1.16 bits per heavy atom. The smallest absolute Gasteiger partial charge is 0.277 e. The van der Waals surface area contributed by atoms with E-state index in [4.69, 9.17) is 10.4 Å². The molecule has 6 rings (SSSR count). The molecule has 2 amide bonds. The molecular formula is C43H56N10O7S. The van der Waals surface area contributed by atoms with Crippen molar-refractivity contribution in [3.05, 3.63) is 120 Å². The summed E-state index contributed by atoms with van der Waals surface area (Å²) in [6.45, 7) is 6.32. The number of hydrogen-bond donors (Lipinski definition) is 6. The molecule has 0 bridgehead atoms. The number of nitrogens with one attached hydrogen (secondary N) is 3. The van der Waals surface area contributed by atoms with Crippen LogP contribution in [0, 0.1) is 11.8 Å². The summed E-state index contributed by atoms with van der Waals surface area (Å²) >= 11 is 0. The van der Waals surface area contributed by atoms with E-state index in [1.807, 2.05) is 96.8 Å². The summed E-state index contributed by atoms with van der Waals surface area (Å²) in [5.74, 6) is 0.562. The summed E-state index contributed by atoms with van der Waals surface area (Å²) in [4.78, 5) is 43.7. The quantitative estimate of drug-likeness (QED) is 0.0699. The maximum absolute atomic E-state index is 12.5. The van der Waals surface area contributed by atoms with E-state index in [1.54, 1.807) is 15.3 Å². The first kappa shape index (κ1) is 46.4. The molecule has 2 aromatic carbocycles. The highest BCUT2D eigenvalue weighted by Gasteiger charge is 2.29. The Kier molecular flexibility index (Phi) is 17.8. The van der Waals surface area contributed by atoms with Gasteiger partial charge in [-0.15, -0.1) is 0 Å². The van der Waals surface area contributed by atoms with Crippen LogP contribution in [0.3, 0.4) is 0 Å². The molecule has 6 N–H and O–H groups in total. The van der Waals surface area contributed by atoms with Crippen molar-refractivity contribution >= 4 is 45.9 Å². The Hall–Kier alpha value is -5.63. The lowest BCUT2D eigenvalue weighted by Gasteiger charge is -2.35. The Bertz CT molecular complexity index is 2110. The van der Waals surface area contributed by atoms with Crippen LogP contribution in [0.4, 0.5) is 11.9 Å². The van der Waals surface area contributed by atoms with Gasteiger partial charge in [0.15, 0.2) is 0 Å². The zero-order chi connectivity index (χ0) is 43.6. The molecular weight excluding hydrogens is 801 g/mol. The Morgan fingerprint density at radius 1 is 0.738 bits per heavy atom. The predicted molar refractivity (Wildman–Crippen MR) is 233 cm³/mol. The highest BCUT2D eigenvalue weighted by molar-refractivity contribution is 7.88. The molecule has 0 saturated carbocycles. The second-order valence-corrected chi connectivity index (χ2v) is 17.0. The van der Waals surface area contributed by atoms with Gasteiger partial charge < -0.3 is 20.2 Å². The van der Waals surface area contributed by atoms with Gasteiger partial charge in [-0.05, 0) is 62.1 Å². The minimum Gasteiger partial charge on any atom is -0.394 e. The lowest BCUT2D eigenvalue weighted by atomic mass is 9.96. The number of carbonyl (C=O) groups excluding carboxylic acids is 2. The van der Waals surface area contributed by atoms with Gasteiger partial charge in [0.25, 0.3) is 11.8 Å². The molecule has 2 aromatic heterocycles. The van der Waals surface area contributed by atoms with E-state index in [9.17, 15) is 23.1 Å². The standard InChI is InChI=1S/C22H29N5O4S.C21H27N5O3/c1-17(8-9-18-6-4-3-5-7-18)27(32(2,30)31)16-19-10-12-26(13-11-19)22-23-14-20(15-24-22)21(28)25-29;27-15-19(7-6-16-4-2-1-3-5-16)22-12-17-8-10-26(11-9-17)21-23-13-18(14-24-21)20(28)25-29/h3-9,14-15,17,19,29H,10-13,16H2,1-2H3,(H,25,28);1-7,13-14,17,19,22,27,29H,8-12,15H2,(H,25,28)/b9-8+;7-6+. The number of aliphatic hydroxyl groups is 1. The van der Waals surface area contributed by atoms with Crippen molar-refractivity contribution in [2.45, 2.75) is 44.7 Å². The topological polar surface area (TPSA) is 226 Å². The number of anilines is 2. The van der Waals surface area contributed by atoms with E-state index < -0.39 is 21.8 Å². The van der Waals surface area contributed by atoms with Crippen molar-refractivity contribution in [3.8, 4) is 0 Å². The SMILES string of the molecule is CC(/C=C/c1ccccc1)N(CC1CCN(c2ncc(C(=O)NO)cn2)CC1)S(C)(=O)=O.O=C(NO)c1cnc(N2CCC(CNC(/C=C/c3ccccc3)CO)CC2)nc1. The van der Waals surface area contributed by atoms with E-state index in [0.717, 1.165) is 56.4 Å². The summed E-state index contributed by atoms with van der Waals surface area (Å²) < 4.78 is 26.5. The molecule has 4 heterocycles. The lowest BCUT2D eigenvalue weighted by molar-refractivity contribution is 0.0701. The first-order valence-corrected chi connectivity index (χ1v) is 22.1. The summed E-state index contributed by atoms with van der Waals surface area (Å²) in [5.41, 5.74) is 5.66. The average Bonchev–Trinajstić information content (AvgIpc) is 3.30. The zero-order valence-corrected chi connectivity index (χ0v) is 35.3. The van der Waals surface area contributed by atoms with E-state index in [-0.39, 0.29) is 35.7 Å². The van der Waals surface area contributed by atoms with Crippen molar-refractivity contribution in [1.29, 1.82) is 0 Å². The van der Waals surface area contributed by atoms with Crippen LogP contribution in [0.2, 0.25) is 0 Å². The molecule has 2 aliphatic heterocycles. The zero-order valence-electron chi connectivity index (χ0n) is 34.5. The van der Waals surface area contributed by atoms with Crippen LogP contribution in [0.25, 0.3) is 12.2 Å². The first-order valence-electron chi connectivity index (χ1n) is 20.3. The van der Waals surface area contributed by atoms with Gasteiger partial charge in [-0.1, -0.05) is 85.0 Å². The number of amides is 2. The maximum atomic E-state index is 12.5. The molecule has 0 radical (unpaired) electrons. The Balaban J connectivity index is 0.000000232. The minimum atomic E-state index is -3.36. The van der Waals surface area contributed by atoms with Crippen LogP contribution in [0.15, 0.2) is 97.6 Å². The van der Waals surface area contributed by atoms with Crippen LogP contribution in [-0.4, -0.2) is 124 Å². The van der Waals surface area contributed by atoms with Crippen molar-refractivity contribution < 1.29 is 33.5 Å². The van der Waals surface area contributed by atoms with Crippen LogP contribution in [-0.2, 0) is 10.0 Å². The number of aliphatic hydroxyl groups excluding tert-OH is 1. The number of carbonyl (C=O) groups is 2. The minimum absolute atomic E-state index is 0.0593. The summed E-state index contributed by atoms with van der Waals surface area (Å²) in [7, 11) is -3.36. The summed E-state index contributed by atoms with van der Waals surface area (Å²) in [6.07, 6.45) is 18.3. The van der Waals surface area contributed by atoms with Crippen LogP contribution >= 0.6 is 0 Å². The number of aromatic nitrogens is 4. The molecule has 2 unspecified atom stereocenters. The van der Waals surface area contributed by atoms with Gasteiger partial charge in [-0.3, -0.25) is 20.0 Å². The average molecular weight is 857 g/mol. The molecule has 0 spiro atoms. The van der Waals surface area contributed by atoms with E-state index >= 15 is 0 Å². The van der Waals surface area contributed by atoms with E-state index in [0.29, 0.717) is 37.4 Å². The first-order chi connectivity index (χ1) is 29.5. The fourth-order valence-corrected chi connectivity index (χ4v) is 8.21. The number of rotatable bonds is 16. The number of benzene rings is 2. The van der Waals surface area contributed by atoms with E-state index in [1.165, 1.54) is 31.0 Å². The van der Waals surface area contributed by atoms with Crippen molar-refractivity contribution in [2.75, 3.05) is 61.9 Å². The maximum Gasteiger partial charge on any atom is 0.277 e. The second kappa shape index (κ2) is 23.4. The van der Waals surface area contributed by atoms with Crippen LogP contribution < -0.4 is 26.1 Å². The monoisotopic (exact) mass is 856 g/mol. The van der Waals surface area contributed by atoms with Crippen molar-refractivity contribution in [1.82, 2.24) is 40.5 Å². The molecule has 0 aliphatic carbocycles. The highest BCUT2D eigenvalue weighted by atomic mass is 32.2. The largest absolute Gasteiger partial charge is 0.394 e. The lowest BCUT2D eigenvalue weighted by Crippen LogP contribution is -2.44. The fraction of sp³-hybridized carbons (Fsp3) is 0.395. The normalized spacial score (nSPS) is 16.3. The summed E-state index contributed by atoms with van der Waals surface area (Å²) in [5, 5.41) is 30.4. The molecule has 2 aliphatic rings. The van der Waals surface area contributed by atoms with Gasteiger partial charge in [0.2, 0.25) is 21.9 Å². The Labute approximate surface area is 357 Å². The number of hydrogen-bond acceptors (Lipinski definition) is 14. The number of nitrogens with zero attached hydrogens (tertiary/aromatic N) is 7. The third kappa shape index (κ3) is 14.5. The van der Waals surface area contributed by atoms with Gasteiger partial charge in [0.1, 0.15) is 0 Å². The van der Waals surface area contributed by atoms with E-state index in [2.05, 4.69) is 30.2 Å². The van der Waals surface area contributed by atoms with Crippen molar-refractivity contribution in [3.63, 3.8) is 0 Å². The van der Waals surface area contributed by atoms with Crippen LogP contribution in [0.1, 0.15) is 64.4 Å². The highest BCUT2D eigenvalue weighted by Crippen LogP contribution is 2.24. The number of hydroxylamine groups is 2. The van der Waals surface area contributed by atoms with Gasteiger partial charge in [-0.2, -0.15) is 4.31 Å². The van der Waals surface area contributed by atoms with Gasteiger partial charge >= 0.3 is 0 Å². The van der Waals surface area contributed by atoms with Gasteiger partial charge in [0.05, 0.1) is 24.0 Å².